The Balaban J connectivity index is 1.58. The molecule has 2 aromatic rings. The lowest BCUT2D eigenvalue weighted by molar-refractivity contribution is -0.123. The number of nitrogens with one attached hydrogen (secondary N) is 1. The third-order valence-corrected chi connectivity index (χ3v) is 5.60. The third-order valence-electron chi connectivity index (χ3n) is 5.23. The van der Waals surface area contributed by atoms with Crippen LogP contribution in [0.15, 0.2) is 42.5 Å². The Kier molecular flexibility index (Phi) is 8.36. The first-order chi connectivity index (χ1) is 15.4. The first-order valence-electron chi connectivity index (χ1n) is 10.7. The highest BCUT2D eigenvalue weighted by atomic mass is 35.5. The van der Waals surface area contributed by atoms with E-state index >= 15 is 0 Å². The minimum Gasteiger partial charge on any atom is -0.493 e. The molecule has 2 amide bonds. The normalized spacial score (nSPS) is 14.3. The molecule has 7 nitrogen and oxygen atoms in total. The van der Waals surface area contributed by atoms with Gasteiger partial charge >= 0.3 is 0 Å². The van der Waals surface area contributed by atoms with Crippen LogP contribution in [0, 0.1) is 0 Å². The zero-order chi connectivity index (χ0) is 23.1. The van der Waals surface area contributed by atoms with Crippen LogP contribution in [0.1, 0.15) is 29.8 Å². The maximum atomic E-state index is 13.0. The SMILES string of the molecule is COc1cc(C(=O)N2CCN(CC(=O)NC(C)C)CC2)ccc1OCc1ccccc1Cl. The summed E-state index contributed by atoms with van der Waals surface area (Å²) in [5.74, 6) is 0.987. The molecule has 0 aromatic heterocycles. The number of methoxy groups -OCH3 is 1. The Hall–Kier alpha value is -2.77. The van der Waals surface area contributed by atoms with E-state index in [1.807, 2.05) is 38.1 Å². The van der Waals surface area contributed by atoms with E-state index in [0.29, 0.717) is 61.4 Å². The maximum absolute atomic E-state index is 13.0. The molecule has 0 unspecified atom stereocenters. The highest BCUT2D eigenvalue weighted by Crippen LogP contribution is 2.30. The predicted octanol–water partition coefficient (Wildman–Crippen LogP) is 3.21. The summed E-state index contributed by atoms with van der Waals surface area (Å²) < 4.78 is 11.3. The van der Waals surface area contributed by atoms with E-state index < -0.39 is 0 Å². The third kappa shape index (κ3) is 6.37. The number of nitrogens with zero attached hydrogens (tertiary/aromatic N) is 2. The Morgan fingerprint density at radius 3 is 2.44 bits per heavy atom. The largest absolute Gasteiger partial charge is 0.493 e. The first-order valence-corrected chi connectivity index (χ1v) is 11.1. The fraction of sp³-hybridized carbons (Fsp3) is 0.417. The molecular weight excluding hydrogens is 430 g/mol. The van der Waals surface area contributed by atoms with Crippen molar-refractivity contribution in [3.63, 3.8) is 0 Å². The molecule has 8 heteroatoms. The van der Waals surface area contributed by atoms with Crippen molar-refractivity contribution in [1.29, 1.82) is 0 Å². The van der Waals surface area contributed by atoms with Crippen molar-refractivity contribution in [1.82, 2.24) is 15.1 Å². The van der Waals surface area contributed by atoms with Gasteiger partial charge in [0, 0.05) is 48.4 Å². The topological polar surface area (TPSA) is 71.1 Å². The average Bonchev–Trinajstić information content (AvgIpc) is 2.78. The summed E-state index contributed by atoms with van der Waals surface area (Å²) >= 11 is 6.19. The van der Waals surface area contributed by atoms with Crippen molar-refractivity contribution in [3.05, 3.63) is 58.6 Å². The van der Waals surface area contributed by atoms with E-state index in [-0.39, 0.29) is 17.9 Å². The van der Waals surface area contributed by atoms with Gasteiger partial charge in [0.15, 0.2) is 11.5 Å². The van der Waals surface area contributed by atoms with Crippen molar-refractivity contribution in [2.45, 2.75) is 26.5 Å². The standard InChI is InChI=1S/C24H30ClN3O4/c1-17(2)26-23(29)15-27-10-12-28(13-11-27)24(30)18-8-9-21(22(14-18)31-3)32-16-19-6-4-5-7-20(19)25/h4-9,14,17H,10-13,15-16H2,1-3H3,(H,26,29). The van der Waals surface area contributed by atoms with E-state index in [1.54, 1.807) is 30.2 Å². The summed E-state index contributed by atoms with van der Waals surface area (Å²) in [6.45, 7) is 7.00. The molecule has 0 atom stereocenters. The summed E-state index contributed by atoms with van der Waals surface area (Å²) in [7, 11) is 1.55. The van der Waals surface area contributed by atoms with Gasteiger partial charge in [-0.1, -0.05) is 29.8 Å². The fourth-order valence-electron chi connectivity index (χ4n) is 3.55. The van der Waals surface area contributed by atoms with Gasteiger partial charge in [0.2, 0.25) is 5.91 Å². The number of benzene rings is 2. The number of ether oxygens (including phenoxy) is 2. The van der Waals surface area contributed by atoms with Gasteiger partial charge in [0.25, 0.3) is 5.91 Å². The van der Waals surface area contributed by atoms with E-state index in [9.17, 15) is 9.59 Å². The highest BCUT2D eigenvalue weighted by molar-refractivity contribution is 6.31. The van der Waals surface area contributed by atoms with Gasteiger partial charge in [0.1, 0.15) is 6.61 Å². The number of halogens is 1. The van der Waals surface area contributed by atoms with Gasteiger partial charge in [-0.2, -0.15) is 0 Å². The van der Waals surface area contributed by atoms with Gasteiger partial charge in [0.05, 0.1) is 13.7 Å². The van der Waals surface area contributed by atoms with Crippen LogP contribution in [0.2, 0.25) is 5.02 Å². The Bertz CT molecular complexity index is 943. The van der Waals surface area contributed by atoms with Gasteiger partial charge in [-0.15, -0.1) is 0 Å². The van der Waals surface area contributed by atoms with Crippen LogP contribution in [0.3, 0.4) is 0 Å². The number of rotatable bonds is 8. The lowest BCUT2D eigenvalue weighted by Crippen LogP contribution is -2.51. The second kappa shape index (κ2) is 11.2. The lowest BCUT2D eigenvalue weighted by atomic mass is 10.1. The summed E-state index contributed by atoms with van der Waals surface area (Å²) in [6, 6.07) is 12.8. The zero-order valence-electron chi connectivity index (χ0n) is 18.8. The minimum atomic E-state index is -0.0627. The van der Waals surface area contributed by atoms with Gasteiger partial charge in [-0.25, -0.2) is 0 Å². The van der Waals surface area contributed by atoms with Gasteiger partial charge in [-0.05, 0) is 38.1 Å². The fourth-order valence-corrected chi connectivity index (χ4v) is 3.74. The van der Waals surface area contributed by atoms with E-state index in [0.717, 1.165) is 5.56 Å². The molecule has 2 aromatic carbocycles. The number of carbonyl (C=O) groups excluding carboxylic acids is 2. The first kappa shape index (κ1) is 23.9. The molecule has 1 aliphatic rings. The van der Waals surface area contributed by atoms with Crippen LogP contribution in [-0.2, 0) is 11.4 Å². The molecule has 1 aliphatic heterocycles. The van der Waals surface area contributed by atoms with Crippen molar-refractivity contribution in [3.8, 4) is 11.5 Å². The van der Waals surface area contributed by atoms with Crippen LogP contribution in [-0.4, -0.2) is 67.5 Å². The van der Waals surface area contributed by atoms with Crippen molar-refractivity contribution in [2.75, 3.05) is 39.8 Å². The van der Waals surface area contributed by atoms with E-state index in [1.165, 1.54) is 0 Å². The Morgan fingerprint density at radius 2 is 1.78 bits per heavy atom. The zero-order valence-corrected chi connectivity index (χ0v) is 19.5. The second-order valence-corrected chi connectivity index (χ2v) is 8.44. The highest BCUT2D eigenvalue weighted by Gasteiger charge is 2.24. The molecule has 3 rings (SSSR count). The number of piperazine rings is 1. The molecule has 0 saturated carbocycles. The van der Waals surface area contributed by atoms with Gasteiger partial charge < -0.3 is 19.7 Å². The Labute approximate surface area is 194 Å². The summed E-state index contributed by atoms with van der Waals surface area (Å²) in [5.41, 5.74) is 1.41. The summed E-state index contributed by atoms with van der Waals surface area (Å²) in [5, 5.41) is 3.54. The van der Waals surface area contributed by atoms with Gasteiger partial charge in [-0.3, -0.25) is 14.5 Å². The molecule has 1 saturated heterocycles. The molecule has 0 spiro atoms. The molecule has 1 N–H and O–H groups in total. The van der Waals surface area contributed by atoms with Crippen molar-refractivity contribution in [2.24, 2.45) is 0 Å². The molecule has 32 heavy (non-hydrogen) atoms. The lowest BCUT2D eigenvalue weighted by Gasteiger charge is -2.34. The predicted molar refractivity (Wildman–Crippen MR) is 124 cm³/mol. The van der Waals surface area contributed by atoms with Crippen LogP contribution >= 0.6 is 11.6 Å². The number of hydrogen-bond donors (Lipinski definition) is 1. The van der Waals surface area contributed by atoms with Crippen LogP contribution in [0.25, 0.3) is 0 Å². The molecule has 1 heterocycles. The second-order valence-electron chi connectivity index (χ2n) is 8.04. The smallest absolute Gasteiger partial charge is 0.254 e. The van der Waals surface area contributed by atoms with Crippen molar-refractivity contribution < 1.29 is 19.1 Å². The molecule has 0 aliphatic carbocycles. The number of amides is 2. The van der Waals surface area contributed by atoms with Crippen LogP contribution in [0.5, 0.6) is 11.5 Å². The summed E-state index contributed by atoms with van der Waals surface area (Å²) in [4.78, 5) is 28.8. The molecular formula is C24H30ClN3O4. The average molecular weight is 460 g/mol. The monoisotopic (exact) mass is 459 g/mol. The Morgan fingerprint density at radius 1 is 1.06 bits per heavy atom. The van der Waals surface area contributed by atoms with Crippen molar-refractivity contribution >= 4 is 23.4 Å². The van der Waals surface area contributed by atoms with E-state index in [4.69, 9.17) is 21.1 Å². The number of carbonyl (C=O) groups is 2. The van der Waals surface area contributed by atoms with Crippen LogP contribution in [0.4, 0.5) is 0 Å². The van der Waals surface area contributed by atoms with Crippen LogP contribution < -0.4 is 14.8 Å². The maximum Gasteiger partial charge on any atom is 0.254 e. The quantitative estimate of drug-likeness (QED) is 0.656. The number of hydrogen-bond acceptors (Lipinski definition) is 5. The molecule has 172 valence electrons. The summed E-state index contributed by atoms with van der Waals surface area (Å²) in [6.07, 6.45) is 0. The molecule has 0 radical (unpaired) electrons. The van der Waals surface area contributed by atoms with E-state index in [2.05, 4.69) is 10.2 Å². The molecule has 1 fully saturated rings. The molecule has 0 bridgehead atoms. The minimum absolute atomic E-state index is 0.0110.